The maximum absolute atomic E-state index is 11.2. The Bertz CT molecular complexity index is 465. The molecule has 2 rings (SSSR count). The van der Waals surface area contributed by atoms with Crippen LogP contribution in [0.1, 0.15) is 25.3 Å². The van der Waals surface area contributed by atoms with Crippen LogP contribution in [0.15, 0.2) is 24.3 Å². The molecule has 0 saturated carbocycles. The summed E-state index contributed by atoms with van der Waals surface area (Å²) in [6.45, 7) is 5.82. The number of hydrogen-bond donors (Lipinski definition) is 2. The molecule has 1 aromatic carbocycles. The second-order valence-electron chi connectivity index (χ2n) is 5.37. The Morgan fingerprint density at radius 3 is 3.05 bits per heavy atom. The lowest BCUT2D eigenvalue weighted by Crippen LogP contribution is -2.40. The fourth-order valence-electron chi connectivity index (χ4n) is 2.51. The number of rotatable bonds is 7. The number of benzene rings is 1. The van der Waals surface area contributed by atoms with E-state index in [4.69, 9.17) is 4.74 Å². The van der Waals surface area contributed by atoms with Gasteiger partial charge in [0.1, 0.15) is 18.4 Å². The highest BCUT2D eigenvalue weighted by Crippen LogP contribution is 2.22. The Hall–Kier alpha value is -1.59. The number of nitrogens with zero attached hydrogens (tertiary/aromatic N) is 1. The Labute approximate surface area is 125 Å². The number of carboxylic acid groups (broad SMARTS) is 1. The second-order valence-corrected chi connectivity index (χ2v) is 5.37. The molecule has 1 atom stereocenters. The van der Waals surface area contributed by atoms with E-state index in [0.29, 0.717) is 13.0 Å². The third-order valence-corrected chi connectivity index (χ3v) is 3.70. The molecule has 5 heteroatoms. The highest BCUT2D eigenvalue weighted by Gasteiger charge is 2.20. The van der Waals surface area contributed by atoms with E-state index in [1.54, 1.807) is 0 Å². The van der Waals surface area contributed by atoms with E-state index in [1.165, 1.54) is 5.56 Å². The van der Waals surface area contributed by atoms with Gasteiger partial charge in [0.05, 0.1) is 0 Å². The van der Waals surface area contributed by atoms with Crippen molar-refractivity contribution in [2.75, 3.05) is 26.2 Å². The van der Waals surface area contributed by atoms with Gasteiger partial charge in [-0.15, -0.1) is 0 Å². The zero-order valence-electron chi connectivity index (χ0n) is 12.5. The molecule has 1 aromatic rings. The minimum Gasteiger partial charge on any atom is -0.492 e. The number of fused-ring (bicyclic) bond motifs is 1. The van der Waals surface area contributed by atoms with E-state index in [2.05, 4.69) is 16.3 Å². The van der Waals surface area contributed by atoms with Crippen molar-refractivity contribution < 1.29 is 14.6 Å². The topological polar surface area (TPSA) is 61.8 Å². The molecule has 1 heterocycles. The minimum atomic E-state index is -0.769. The van der Waals surface area contributed by atoms with Crippen LogP contribution in [0.3, 0.4) is 0 Å². The second kappa shape index (κ2) is 8.00. The number of para-hydroxylation sites is 1. The first kappa shape index (κ1) is 15.8. The summed E-state index contributed by atoms with van der Waals surface area (Å²) in [7, 11) is 0. The van der Waals surface area contributed by atoms with Gasteiger partial charge in [-0.05, 0) is 25.5 Å². The monoisotopic (exact) mass is 292 g/mol. The molecule has 5 nitrogen and oxygen atoms in total. The molecule has 1 aliphatic heterocycles. The molecule has 0 bridgehead atoms. The summed E-state index contributed by atoms with van der Waals surface area (Å²) in [5.41, 5.74) is 1.17. The van der Waals surface area contributed by atoms with Crippen molar-refractivity contribution in [2.24, 2.45) is 0 Å². The molecule has 21 heavy (non-hydrogen) atoms. The fourth-order valence-corrected chi connectivity index (χ4v) is 2.51. The van der Waals surface area contributed by atoms with Crippen LogP contribution in [-0.2, 0) is 11.3 Å². The summed E-state index contributed by atoms with van der Waals surface area (Å²) in [5, 5.41) is 12.3. The highest BCUT2D eigenvalue weighted by atomic mass is 16.5. The molecule has 0 aromatic heterocycles. The van der Waals surface area contributed by atoms with E-state index in [0.717, 1.165) is 38.3 Å². The Balaban J connectivity index is 1.89. The summed E-state index contributed by atoms with van der Waals surface area (Å²) in [4.78, 5) is 13.5. The molecule has 0 spiro atoms. The predicted molar refractivity (Wildman–Crippen MR) is 81.5 cm³/mol. The van der Waals surface area contributed by atoms with Crippen molar-refractivity contribution in [1.82, 2.24) is 10.2 Å². The van der Waals surface area contributed by atoms with E-state index in [1.807, 2.05) is 25.1 Å². The van der Waals surface area contributed by atoms with Gasteiger partial charge in [-0.25, -0.2) is 0 Å². The quantitative estimate of drug-likeness (QED) is 0.801. The number of nitrogens with one attached hydrogen (secondary N) is 1. The Morgan fingerprint density at radius 1 is 1.48 bits per heavy atom. The van der Waals surface area contributed by atoms with Gasteiger partial charge in [0, 0.05) is 25.2 Å². The van der Waals surface area contributed by atoms with Gasteiger partial charge >= 0.3 is 5.97 Å². The SMILES string of the molecule is CCCNC(CCN1CCOc2ccccc2C1)C(=O)O. The van der Waals surface area contributed by atoms with E-state index >= 15 is 0 Å². The number of carbonyl (C=O) groups is 1. The number of carboxylic acids is 1. The molecule has 1 unspecified atom stereocenters. The van der Waals surface area contributed by atoms with Crippen LogP contribution in [0.5, 0.6) is 5.75 Å². The van der Waals surface area contributed by atoms with Crippen molar-refractivity contribution >= 4 is 5.97 Å². The van der Waals surface area contributed by atoms with E-state index in [-0.39, 0.29) is 0 Å². The largest absolute Gasteiger partial charge is 0.492 e. The molecule has 0 radical (unpaired) electrons. The van der Waals surface area contributed by atoms with Crippen molar-refractivity contribution in [3.05, 3.63) is 29.8 Å². The van der Waals surface area contributed by atoms with Crippen LogP contribution in [0.2, 0.25) is 0 Å². The lowest BCUT2D eigenvalue weighted by Gasteiger charge is -2.22. The minimum absolute atomic E-state index is 0.468. The zero-order chi connectivity index (χ0) is 15.1. The summed E-state index contributed by atoms with van der Waals surface area (Å²) >= 11 is 0. The first-order chi connectivity index (χ1) is 10.2. The maximum Gasteiger partial charge on any atom is 0.320 e. The molecule has 116 valence electrons. The summed E-state index contributed by atoms with van der Waals surface area (Å²) in [6.07, 6.45) is 1.55. The van der Waals surface area contributed by atoms with Gasteiger partial charge < -0.3 is 15.2 Å². The molecule has 1 aliphatic rings. The lowest BCUT2D eigenvalue weighted by molar-refractivity contribution is -0.139. The van der Waals surface area contributed by atoms with E-state index in [9.17, 15) is 9.90 Å². The molecule has 0 amide bonds. The molecule has 0 saturated heterocycles. The van der Waals surface area contributed by atoms with Gasteiger partial charge in [0.2, 0.25) is 0 Å². The zero-order valence-corrected chi connectivity index (χ0v) is 12.5. The number of aliphatic carboxylic acids is 1. The lowest BCUT2D eigenvalue weighted by atomic mass is 10.1. The maximum atomic E-state index is 11.2. The summed E-state index contributed by atoms with van der Waals surface area (Å²) in [6, 6.07) is 7.57. The third kappa shape index (κ3) is 4.72. The van der Waals surface area contributed by atoms with Crippen molar-refractivity contribution in [1.29, 1.82) is 0 Å². The van der Waals surface area contributed by atoms with Crippen molar-refractivity contribution in [3.63, 3.8) is 0 Å². The van der Waals surface area contributed by atoms with Gasteiger partial charge in [-0.3, -0.25) is 9.69 Å². The Morgan fingerprint density at radius 2 is 2.29 bits per heavy atom. The van der Waals surface area contributed by atoms with Crippen LogP contribution < -0.4 is 10.1 Å². The van der Waals surface area contributed by atoms with E-state index < -0.39 is 12.0 Å². The van der Waals surface area contributed by atoms with Gasteiger partial charge in [0.25, 0.3) is 0 Å². The molecular weight excluding hydrogens is 268 g/mol. The van der Waals surface area contributed by atoms with Crippen LogP contribution in [0, 0.1) is 0 Å². The Kier molecular flexibility index (Phi) is 6.02. The van der Waals surface area contributed by atoms with Crippen LogP contribution >= 0.6 is 0 Å². The van der Waals surface area contributed by atoms with Crippen LogP contribution in [0.25, 0.3) is 0 Å². The average molecular weight is 292 g/mol. The van der Waals surface area contributed by atoms with Gasteiger partial charge in [0.15, 0.2) is 0 Å². The molecule has 0 aliphatic carbocycles. The molecule has 2 N–H and O–H groups in total. The first-order valence-electron chi connectivity index (χ1n) is 7.60. The molecule has 0 fully saturated rings. The third-order valence-electron chi connectivity index (χ3n) is 3.70. The summed E-state index contributed by atoms with van der Waals surface area (Å²) < 4.78 is 5.72. The molecular formula is C16H24N2O3. The summed E-state index contributed by atoms with van der Waals surface area (Å²) in [5.74, 6) is 0.175. The van der Waals surface area contributed by atoms with Gasteiger partial charge in [-0.2, -0.15) is 0 Å². The van der Waals surface area contributed by atoms with Crippen LogP contribution in [0.4, 0.5) is 0 Å². The fraction of sp³-hybridized carbons (Fsp3) is 0.562. The smallest absolute Gasteiger partial charge is 0.320 e. The predicted octanol–water partition coefficient (Wildman–Crippen LogP) is 1.72. The normalized spacial score (nSPS) is 16.6. The average Bonchev–Trinajstić information content (AvgIpc) is 2.68. The van der Waals surface area contributed by atoms with Crippen molar-refractivity contribution in [3.8, 4) is 5.75 Å². The van der Waals surface area contributed by atoms with Crippen molar-refractivity contribution in [2.45, 2.75) is 32.4 Å². The number of hydrogen-bond acceptors (Lipinski definition) is 4. The standard InChI is InChI=1S/C16H24N2O3/c1-2-8-17-14(16(19)20)7-9-18-10-11-21-15-6-4-3-5-13(15)12-18/h3-6,14,17H,2,7-12H2,1H3,(H,19,20). The van der Waals surface area contributed by atoms with Crippen LogP contribution in [-0.4, -0.2) is 48.3 Å². The first-order valence-corrected chi connectivity index (χ1v) is 7.60. The van der Waals surface area contributed by atoms with Gasteiger partial charge in [-0.1, -0.05) is 25.1 Å². The highest BCUT2D eigenvalue weighted by molar-refractivity contribution is 5.73. The number of ether oxygens (including phenoxy) is 1.